The van der Waals surface area contributed by atoms with Crippen LogP contribution in [0.15, 0.2) is 10.8 Å². The number of carbonyl (C=O) groups is 1. The van der Waals surface area contributed by atoms with Gasteiger partial charge in [-0.25, -0.2) is 9.78 Å². The molecule has 2 aliphatic carbocycles. The lowest BCUT2D eigenvalue weighted by Crippen LogP contribution is -2.07. The molecule has 2 fully saturated rings. The molecule has 1 aromatic rings. The van der Waals surface area contributed by atoms with E-state index in [1.807, 2.05) is 0 Å². The second-order valence-corrected chi connectivity index (χ2v) is 4.92. The van der Waals surface area contributed by atoms with Crippen molar-refractivity contribution in [2.75, 3.05) is 6.61 Å². The van der Waals surface area contributed by atoms with Crippen LogP contribution in [0.5, 0.6) is 0 Å². The van der Waals surface area contributed by atoms with Crippen molar-refractivity contribution >= 4 is 5.97 Å². The monoisotopic (exact) mass is 235 g/mol. The number of fused-ring (bicyclic) bond motifs is 1. The summed E-state index contributed by atoms with van der Waals surface area (Å²) < 4.78 is 10.4. The average molecular weight is 235 g/mol. The van der Waals surface area contributed by atoms with Gasteiger partial charge in [-0.05, 0) is 31.6 Å². The molecule has 1 heterocycles. The summed E-state index contributed by atoms with van der Waals surface area (Å²) in [6.45, 7) is 2.18. The van der Waals surface area contributed by atoms with E-state index in [0.717, 1.165) is 5.76 Å². The smallest absolute Gasteiger partial charge is 0.360 e. The van der Waals surface area contributed by atoms with Crippen LogP contribution < -0.4 is 0 Å². The van der Waals surface area contributed by atoms with Gasteiger partial charge in [0, 0.05) is 5.92 Å². The Kier molecular flexibility index (Phi) is 2.65. The Bertz CT molecular complexity index is 414. The molecule has 0 spiro atoms. The fourth-order valence-corrected chi connectivity index (χ4v) is 3.23. The van der Waals surface area contributed by atoms with E-state index in [-0.39, 0.29) is 5.97 Å². The topological polar surface area (TPSA) is 52.3 Å². The summed E-state index contributed by atoms with van der Waals surface area (Å²) in [6.07, 6.45) is 6.50. The van der Waals surface area contributed by atoms with Crippen LogP contribution in [0.3, 0.4) is 0 Å². The van der Waals surface area contributed by atoms with Crippen LogP contribution in [-0.2, 0) is 4.74 Å². The third-order valence-corrected chi connectivity index (χ3v) is 4.02. The standard InChI is InChI=1S/C13H17NO3/c1-2-16-13(15)11-12(17-7-14-11)10-8-5-3-4-6-9(8)10/h7-10H,2-6H2,1H3. The first-order valence-electron chi connectivity index (χ1n) is 6.43. The predicted octanol–water partition coefficient (Wildman–Crippen LogP) is 2.75. The number of nitrogens with zero attached hydrogens (tertiary/aromatic N) is 1. The third kappa shape index (κ3) is 1.75. The first-order chi connectivity index (χ1) is 8.33. The van der Waals surface area contributed by atoms with Crippen LogP contribution in [0.4, 0.5) is 0 Å². The van der Waals surface area contributed by atoms with E-state index in [0.29, 0.717) is 30.1 Å². The maximum absolute atomic E-state index is 11.7. The van der Waals surface area contributed by atoms with Crippen molar-refractivity contribution in [3.05, 3.63) is 17.8 Å². The molecule has 92 valence electrons. The fraction of sp³-hybridized carbons (Fsp3) is 0.692. The average Bonchev–Trinajstić information content (AvgIpc) is 2.86. The summed E-state index contributed by atoms with van der Waals surface area (Å²) in [6, 6.07) is 0. The van der Waals surface area contributed by atoms with Gasteiger partial charge in [-0.1, -0.05) is 12.8 Å². The summed E-state index contributed by atoms with van der Waals surface area (Å²) in [5.74, 6) is 2.26. The first kappa shape index (κ1) is 10.8. The Hall–Kier alpha value is -1.32. The van der Waals surface area contributed by atoms with E-state index >= 15 is 0 Å². The number of hydrogen-bond acceptors (Lipinski definition) is 4. The highest BCUT2D eigenvalue weighted by Crippen LogP contribution is 2.61. The number of hydrogen-bond donors (Lipinski definition) is 0. The third-order valence-electron chi connectivity index (χ3n) is 4.02. The normalized spacial score (nSPS) is 30.8. The van der Waals surface area contributed by atoms with E-state index in [2.05, 4.69) is 4.98 Å². The summed E-state index contributed by atoms with van der Waals surface area (Å²) in [7, 11) is 0. The molecule has 4 nitrogen and oxygen atoms in total. The zero-order valence-corrected chi connectivity index (χ0v) is 10.0. The molecule has 0 radical (unpaired) electrons. The second-order valence-electron chi connectivity index (χ2n) is 4.92. The van der Waals surface area contributed by atoms with Crippen LogP contribution >= 0.6 is 0 Å². The van der Waals surface area contributed by atoms with Crippen molar-refractivity contribution in [2.45, 2.75) is 38.5 Å². The molecular weight excluding hydrogens is 218 g/mol. The lowest BCUT2D eigenvalue weighted by Gasteiger charge is -2.04. The SMILES string of the molecule is CCOC(=O)c1ncoc1C1C2CCCCC21. The van der Waals surface area contributed by atoms with E-state index < -0.39 is 0 Å². The molecule has 0 amide bonds. The summed E-state index contributed by atoms with van der Waals surface area (Å²) in [5, 5.41) is 0. The van der Waals surface area contributed by atoms with Crippen molar-refractivity contribution in [2.24, 2.45) is 11.8 Å². The van der Waals surface area contributed by atoms with E-state index in [9.17, 15) is 4.79 Å². The fourth-order valence-electron chi connectivity index (χ4n) is 3.23. The van der Waals surface area contributed by atoms with Gasteiger partial charge in [-0.2, -0.15) is 0 Å². The highest BCUT2D eigenvalue weighted by Gasteiger charge is 2.54. The van der Waals surface area contributed by atoms with Crippen molar-refractivity contribution in [3.63, 3.8) is 0 Å². The Balaban J connectivity index is 1.80. The minimum absolute atomic E-state index is 0.347. The van der Waals surface area contributed by atoms with E-state index in [1.165, 1.54) is 32.1 Å². The number of rotatable bonds is 3. The number of oxazole rings is 1. The van der Waals surface area contributed by atoms with Crippen molar-refractivity contribution in [1.29, 1.82) is 0 Å². The Labute approximate surface area is 100 Å². The van der Waals surface area contributed by atoms with Gasteiger partial charge in [0.05, 0.1) is 6.61 Å². The molecule has 0 N–H and O–H groups in total. The number of aromatic nitrogens is 1. The highest BCUT2D eigenvalue weighted by molar-refractivity contribution is 5.88. The van der Waals surface area contributed by atoms with Gasteiger partial charge in [-0.15, -0.1) is 0 Å². The van der Waals surface area contributed by atoms with Crippen LogP contribution in [0, 0.1) is 11.8 Å². The quantitative estimate of drug-likeness (QED) is 0.756. The largest absolute Gasteiger partial charge is 0.461 e. The van der Waals surface area contributed by atoms with Crippen molar-refractivity contribution in [3.8, 4) is 0 Å². The Morgan fingerprint density at radius 1 is 1.47 bits per heavy atom. The minimum atomic E-state index is -0.347. The molecule has 1 aromatic heterocycles. The molecule has 2 atom stereocenters. The van der Waals surface area contributed by atoms with Gasteiger partial charge in [0.2, 0.25) is 0 Å². The Morgan fingerprint density at radius 2 is 2.18 bits per heavy atom. The van der Waals surface area contributed by atoms with Gasteiger partial charge in [0.1, 0.15) is 5.76 Å². The number of carbonyl (C=O) groups excluding carboxylic acids is 1. The summed E-state index contributed by atoms with van der Waals surface area (Å²) in [5.41, 5.74) is 0.395. The molecule has 2 unspecified atom stereocenters. The predicted molar refractivity (Wildman–Crippen MR) is 60.6 cm³/mol. The Morgan fingerprint density at radius 3 is 2.82 bits per heavy atom. The molecule has 0 aliphatic heterocycles. The second kappa shape index (κ2) is 4.17. The zero-order valence-electron chi connectivity index (χ0n) is 10.0. The maximum Gasteiger partial charge on any atom is 0.360 e. The van der Waals surface area contributed by atoms with Crippen molar-refractivity contribution in [1.82, 2.24) is 4.98 Å². The maximum atomic E-state index is 11.7. The zero-order chi connectivity index (χ0) is 11.8. The molecule has 2 aliphatic rings. The van der Waals surface area contributed by atoms with Crippen LogP contribution in [0.25, 0.3) is 0 Å². The molecule has 17 heavy (non-hydrogen) atoms. The molecule has 0 aromatic carbocycles. The van der Waals surface area contributed by atoms with Crippen LogP contribution in [0.1, 0.15) is 54.8 Å². The first-order valence-corrected chi connectivity index (χ1v) is 6.43. The summed E-state index contributed by atoms with van der Waals surface area (Å²) >= 11 is 0. The molecule has 3 rings (SSSR count). The molecule has 0 saturated heterocycles. The molecule has 0 bridgehead atoms. The van der Waals surface area contributed by atoms with Crippen LogP contribution in [0.2, 0.25) is 0 Å². The lowest BCUT2D eigenvalue weighted by atomic mass is 10.0. The summed E-state index contributed by atoms with van der Waals surface area (Å²) in [4.78, 5) is 15.7. The molecular formula is C13H17NO3. The van der Waals surface area contributed by atoms with E-state index in [4.69, 9.17) is 9.15 Å². The number of ether oxygens (including phenoxy) is 1. The number of esters is 1. The van der Waals surface area contributed by atoms with Crippen molar-refractivity contribution < 1.29 is 13.9 Å². The van der Waals surface area contributed by atoms with Gasteiger partial charge < -0.3 is 9.15 Å². The van der Waals surface area contributed by atoms with Gasteiger partial charge in [0.25, 0.3) is 0 Å². The molecule has 2 saturated carbocycles. The molecule has 4 heteroatoms. The van der Waals surface area contributed by atoms with Gasteiger partial charge in [-0.3, -0.25) is 0 Å². The lowest BCUT2D eigenvalue weighted by molar-refractivity contribution is 0.0517. The van der Waals surface area contributed by atoms with Gasteiger partial charge in [0.15, 0.2) is 12.1 Å². The van der Waals surface area contributed by atoms with Crippen LogP contribution in [-0.4, -0.2) is 17.6 Å². The van der Waals surface area contributed by atoms with E-state index in [1.54, 1.807) is 6.92 Å². The highest BCUT2D eigenvalue weighted by atomic mass is 16.5. The van der Waals surface area contributed by atoms with Gasteiger partial charge >= 0.3 is 5.97 Å². The minimum Gasteiger partial charge on any atom is -0.461 e.